The second-order valence-electron chi connectivity index (χ2n) is 4.43. The highest BCUT2D eigenvalue weighted by molar-refractivity contribution is 5.42. The van der Waals surface area contributed by atoms with Crippen molar-refractivity contribution in [3.63, 3.8) is 0 Å². The molecule has 6 nitrogen and oxygen atoms in total. The summed E-state index contributed by atoms with van der Waals surface area (Å²) in [6, 6.07) is 6.04. The molecule has 0 aliphatic rings. The Morgan fingerprint density at radius 3 is 3.16 bits per heavy atom. The second-order valence-corrected chi connectivity index (χ2v) is 4.43. The number of aryl methyl sites for hydroxylation is 1. The van der Waals surface area contributed by atoms with Crippen LogP contribution >= 0.6 is 0 Å². The molecule has 0 aliphatic carbocycles. The van der Waals surface area contributed by atoms with Crippen molar-refractivity contribution in [1.29, 1.82) is 0 Å². The zero-order valence-electron chi connectivity index (χ0n) is 10.8. The molecule has 0 bridgehead atoms. The van der Waals surface area contributed by atoms with E-state index in [0.29, 0.717) is 0 Å². The molecule has 0 aliphatic heterocycles. The first-order valence-corrected chi connectivity index (χ1v) is 6.32. The molecule has 0 aromatic carbocycles. The predicted octanol–water partition coefficient (Wildman–Crippen LogP) is 1.09. The standard InChI is InChI=1S/C13H16N6/c1-10-11(19-7-3-2-4-13(19)17-10)8-14-6-5-12-15-9-16-18-12/h2-4,7,9,14H,5-6,8H2,1H3,(H,15,16,18). The summed E-state index contributed by atoms with van der Waals surface area (Å²) in [6.45, 7) is 3.69. The Morgan fingerprint density at radius 1 is 1.37 bits per heavy atom. The van der Waals surface area contributed by atoms with Gasteiger partial charge in [-0.2, -0.15) is 5.10 Å². The molecule has 3 rings (SSSR count). The van der Waals surface area contributed by atoms with Crippen molar-refractivity contribution in [3.8, 4) is 0 Å². The summed E-state index contributed by atoms with van der Waals surface area (Å²) in [5.74, 6) is 0.905. The van der Waals surface area contributed by atoms with Gasteiger partial charge in [0, 0.05) is 25.7 Å². The lowest BCUT2D eigenvalue weighted by Gasteiger charge is -2.04. The van der Waals surface area contributed by atoms with Gasteiger partial charge in [-0.25, -0.2) is 9.97 Å². The van der Waals surface area contributed by atoms with Gasteiger partial charge in [0.25, 0.3) is 0 Å². The van der Waals surface area contributed by atoms with Gasteiger partial charge in [0.1, 0.15) is 17.8 Å². The van der Waals surface area contributed by atoms with Gasteiger partial charge < -0.3 is 9.72 Å². The molecule has 98 valence electrons. The largest absolute Gasteiger partial charge is 0.311 e. The number of imidazole rings is 1. The molecule has 0 fully saturated rings. The van der Waals surface area contributed by atoms with Crippen LogP contribution in [0.4, 0.5) is 0 Å². The fourth-order valence-corrected chi connectivity index (χ4v) is 2.14. The van der Waals surface area contributed by atoms with Crippen LogP contribution in [-0.4, -0.2) is 31.1 Å². The van der Waals surface area contributed by atoms with E-state index < -0.39 is 0 Å². The van der Waals surface area contributed by atoms with Gasteiger partial charge >= 0.3 is 0 Å². The number of aromatic nitrogens is 5. The fraction of sp³-hybridized carbons (Fsp3) is 0.308. The molecule has 0 amide bonds. The zero-order valence-corrected chi connectivity index (χ0v) is 10.8. The average Bonchev–Trinajstić information content (AvgIpc) is 3.02. The molecule has 3 aromatic heterocycles. The van der Waals surface area contributed by atoms with Gasteiger partial charge in [-0.3, -0.25) is 5.10 Å². The number of nitrogens with zero attached hydrogens (tertiary/aromatic N) is 4. The summed E-state index contributed by atoms with van der Waals surface area (Å²) in [4.78, 5) is 8.63. The monoisotopic (exact) mass is 256 g/mol. The minimum Gasteiger partial charge on any atom is -0.311 e. The maximum atomic E-state index is 4.54. The first kappa shape index (κ1) is 11.9. The van der Waals surface area contributed by atoms with Crippen LogP contribution in [0.3, 0.4) is 0 Å². The molecule has 0 unspecified atom stereocenters. The van der Waals surface area contributed by atoms with Crippen LogP contribution < -0.4 is 5.32 Å². The number of pyridine rings is 1. The quantitative estimate of drug-likeness (QED) is 0.670. The maximum Gasteiger partial charge on any atom is 0.137 e. The number of aromatic amines is 1. The molecule has 0 saturated heterocycles. The Labute approximate surface area is 110 Å². The van der Waals surface area contributed by atoms with E-state index in [9.17, 15) is 0 Å². The van der Waals surface area contributed by atoms with E-state index in [1.54, 1.807) is 0 Å². The number of hydrogen-bond acceptors (Lipinski definition) is 4. The van der Waals surface area contributed by atoms with E-state index in [-0.39, 0.29) is 0 Å². The van der Waals surface area contributed by atoms with Crippen LogP contribution in [-0.2, 0) is 13.0 Å². The molecule has 2 N–H and O–H groups in total. The average molecular weight is 256 g/mol. The molecule has 19 heavy (non-hydrogen) atoms. The van der Waals surface area contributed by atoms with E-state index >= 15 is 0 Å². The zero-order chi connectivity index (χ0) is 13.1. The van der Waals surface area contributed by atoms with Crippen molar-refractivity contribution in [2.75, 3.05) is 6.54 Å². The molecule has 0 radical (unpaired) electrons. The van der Waals surface area contributed by atoms with E-state index in [1.165, 1.54) is 12.0 Å². The SMILES string of the molecule is Cc1nc2ccccn2c1CNCCc1ncn[nH]1. The first-order chi connectivity index (χ1) is 9.34. The lowest BCUT2D eigenvalue weighted by atomic mass is 10.3. The van der Waals surface area contributed by atoms with Crippen molar-refractivity contribution in [1.82, 2.24) is 29.9 Å². The maximum absolute atomic E-state index is 4.54. The van der Waals surface area contributed by atoms with Crippen molar-refractivity contribution >= 4 is 5.65 Å². The Kier molecular flexibility index (Phi) is 3.24. The highest BCUT2D eigenvalue weighted by Gasteiger charge is 2.07. The molecule has 3 heterocycles. The third-order valence-corrected chi connectivity index (χ3v) is 3.12. The van der Waals surface area contributed by atoms with Crippen LogP contribution in [0.1, 0.15) is 17.2 Å². The summed E-state index contributed by atoms with van der Waals surface area (Å²) in [7, 11) is 0. The van der Waals surface area contributed by atoms with Crippen molar-refractivity contribution in [3.05, 3.63) is 47.9 Å². The van der Waals surface area contributed by atoms with Gasteiger partial charge in [0.05, 0.1) is 11.4 Å². The summed E-state index contributed by atoms with van der Waals surface area (Å²) < 4.78 is 2.12. The Bertz CT molecular complexity index is 655. The molecule has 0 spiro atoms. The molecular weight excluding hydrogens is 240 g/mol. The lowest BCUT2D eigenvalue weighted by molar-refractivity contribution is 0.655. The van der Waals surface area contributed by atoms with Crippen LogP contribution in [0, 0.1) is 6.92 Å². The van der Waals surface area contributed by atoms with E-state index in [1.807, 2.05) is 31.3 Å². The van der Waals surface area contributed by atoms with E-state index in [4.69, 9.17) is 0 Å². The molecule has 0 atom stereocenters. The second kappa shape index (κ2) is 5.19. The summed E-state index contributed by atoms with van der Waals surface area (Å²) in [5, 5.41) is 10.1. The minimum absolute atomic E-state index is 0.797. The van der Waals surface area contributed by atoms with Crippen LogP contribution in [0.15, 0.2) is 30.7 Å². The number of hydrogen-bond donors (Lipinski definition) is 2. The normalized spacial score (nSPS) is 11.2. The smallest absolute Gasteiger partial charge is 0.137 e. The summed E-state index contributed by atoms with van der Waals surface area (Å²) in [6.07, 6.45) is 4.42. The number of rotatable bonds is 5. The van der Waals surface area contributed by atoms with Gasteiger partial charge in [-0.05, 0) is 19.1 Å². The Balaban J connectivity index is 1.63. The van der Waals surface area contributed by atoms with Gasteiger partial charge in [0.15, 0.2) is 0 Å². The van der Waals surface area contributed by atoms with Gasteiger partial charge in [-0.15, -0.1) is 0 Å². The molecule has 3 aromatic rings. The Hall–Kier alpha value is -2.21. The number of fused-ring (bicyclic) bond motifs is 1. The number of nitrogens with one attached hydrogen (secondary N) is 2. The molecular formula is C13H16N6. The molecule has 0 saturated carbocycles. The highest BCUT2D eigenvalue weighted by Crippen LogP contribution is 2.11. The first-order valence-electron chi connectivity index (χ1n) is 6.32. The van der Waals surface area contributed by atoms with Crippen molar-refractivity contribution in [2.45, 2.75) is 19.9 Å². The summed E-state index contributed by atoms with van der Waals surface area (Å²) in [5.41, 5.74) is 3.26. The highest BCUT2D eigenvalue weighted by atomic mass is 15.2. The summed E-state index contributed by atoms with van der Waals surface area (Å²) >= 11 is 0. The van der Waals surface area contributed by atoms with Crippen LogP contribution in [0.2, 0.25) is 0 Å². The predicted molar refractivity (Wildman–Crippen MR) is 71.7 cm³/mol. The third-order valence-electron chi connectivity index (χ3n) is 3.12. The van der Waals surface area contributed by atoms with Gasteiger partial charge in [-0.1, -0.05) is 6.07 Å². The van der Waals surface area contributed by atoms with E-state index in [2.05, 4.69) is 29.9 Å². The minimum atomic E-state index is 0.797. The lowest BCUT2D eigenvalue weighted by Crippen LogP contribution is -2.18. The van der Waals surface area contributed by atoms with E-state index in [0.717, 1.165) is 36.7 Å². The van der Waals surface area contributed by atoms with Crippen molar-refractivity contribution < 1.29 is 0 Å². The van der Waals surface area contributed by atoms with Crippen LogP contribution in [0.25, 0.3) is 5.65 Å². The topological polar surface area (TPSA) is 70.9 Å². The van der Waals surface area contributed by atoms with Gasteiger partial charge in [0.2, 0.25) is 0 Å². The molecule has 6 heteroatoms. The Morgan fingerprint density at radius 2 is 2.32 bits per heavy atom. The third kappa shape index (κ3) is 2.48. The van der Waals surface area contributed by atoms with Crippen LogP contribution in [0.5, 0.6) is 0 Å². The fourth-order valence-electron chi connectivity index (χ4n) is 2.14. The van der Waals surface area contributed by atoms with Crippen molar-refractivity contribution in [2.24, 2.45) is 0 Å². The number of H-pyrrole nitrogens is 1.